The zero-order valence-corrected chi connectivity index (χ0v) is 18.0. The van der Waals surface area contributed by atoms with Gasteiger partial charge in [0.2, 0.25) is 5.91 Å². The van der Waals surface area contributed by atoms with Gasteiger partial charge < -0.3 is 10.2 Å². The molecule has 1 fully saturated rings. The molecule has 0 saturated carbocycles. The number of aromatic nitrogens is 4. The molecule has 174 valence electrons. The highest BCUT2D eigenvalue weighted by Crippen LogP contribution is 2.33. The third-order valence-corrected chi connectivity index (χ3v) is 5.52. The van der Waals surface area contributed by atoms with E-state index in [2.05, 4.69) is 20.4 Å². The van der Waals surface area contributed by atoms with Crippen molar-refractivity contribution in [2.75, 3.05) is 23.3 Å². The van der Waals surface area contributed by atoms with Gasteiger partial charge in [-0.3, -0.25) is 4.79 Å². The molecule has 3 aromatic rings. The van der Waals surface area contributed by atoms with Crippen molar-refractivity contribution >= 4 is 17.4 Å². The van der Waals surface area contributed by atoms with Crippen LogP contribution in [0.4, 0.5) is 29.1 Å². The van der Waals surface area contributed by atoms with E-state index in [0.717, 1.165) is 17.5 Å². The maximum absolute atomic E-state index is 13.5. The van der Waals surface area contributed by atoms with Gasteiger partial charge in [-0.05, 0) is 51.0 Å². The van der Waals surface area contributed by atoms with E-state index in [9.17, 15) is 22.4 Å². The van der Waals surface area contributed by atoms with Crippen LogP contribution in [-0.2, 0) is 11.0 Å². The first-order chi connectivity index (χ1) is 15.6. The second kappa shape index (κ2) is 8.80. The van der Waals surface area contributed by atoms with Crippen LogP contribution in [0.25, 0.3) is 5.82 Å². The molecule has 0 spiro atoms. The van der Waals surface area contributed by atoms with Gasteiger partial charge in [0.1, 0.15) is 18.0 Å². The van der Waals surface area contributed by atoms with Crippen molar-refractivity contribution in [2.45, 2.75) is 32.9 Å². The van der Waals surface area contributed by atoms with E-state index in [-0.39, 0.29) is 5.69 Å². The van der Waals surface area contributed by atoms with Crippen LogP contribution in [-0.4, -0.2) is 38.7 Å². The Morgan fingerprint density at radius 3 is 2.58 bits per heavy atom. The van der Waals surface area contributed by atoms with Crippen molar-refractivity contribution in [1.29, 1.82) is 0 Å². The first-order valence-corrected chi connectivity index (χ1v) is 10.4. The summed E-state index contributed by atoms with van der Waals surface area (Å²) in [4.78, 5) is 23.3. The predicted molar refractivity (Wildman–Crippen MR) is 114 cm³/mol. The van der Waals surface area contributed by atoms with Crippen molar-refractivity contribution in [2.24, 2.45) is 5.92 Å². The van der Waals surface area contributed by atoms with Crippen LogP contribution in [0.3, 0.4) is 0 Å². The number of aryl methyl sites for hydroxylation is 2. The Labute approximate surface area is 187 Å². The lowest BCUT2D eigenvalue weighted by molar-refractivity contribution is -0.140. The van der Waals surface area contributed by atoms with Crippen LogP contribution in [0, 0.1) is 25.6 Å². The number of carbonyl (C=O) groups is 1. The van der Waals surface area contributed by atoms with Gasteiger partial charge in [-0.25, -0.2) is 19.0 Å². The van der Waals surface area contributed by atoms with Gasteiger partial charge in [-0.2, -0.15) is 18.3 Å². The van der Waals surface area contributed by atoms with Gasteiger partial charge in [0.05, 0.1) is 17.2 Å². The molecule has 33 heavy (non-hydrogen) atoms. The van der Waals surface area contributed by atoms with E-state index in [1.54, 1.807) is 10.7 Å². The van der Waals surface area contributed by atoms with Crippen molar-refractivity contribution < 1.29 is 22.4 Å². The number of halogens is 4. The number of hydrogen-bond acceptors (Lipinski definition) is 5. The molecule has 1 unspecified atom stereocenters. The molecule has 1 atom stereocenters. The Balaban J connectivity index is 1.49. The SMILES string of the molecule is Cc1cc(C)n(-c2cc(N3CCCC(C(=O)Nc4ccc(F)c(C(F)(F)F)c4)C3)ncn2)n1. The smallest absolute Gasteiger partial charge is 0.356 e. The maximum atomic E-state index is 13.5. The highest BCUT2D eigenvalue weighted by molar-refractivity contribution is 5.93. The molecule has 0 aliphatic carbocycles. The number of anilines is 2. The molecule has 1 aliphatic rings. The van der Waals surface area contributed by atoms with Gasteiger partial charge in [0.15, 0.2) is 5.82 Å². The van der Waals surface area contributed by atoms with Crippen molar-refractivity contribution in [3.63, 3.8) is 0 Å². The lowest BCUT2D eigenvalue weighted by Gasteiger charge is -2.33. The molecule has 0 radical (unpaired) electrons. The van der Waals surface area contributed by atoms with Crippen LogP contribution in [0.5, 0.6) is 0 Å². The van der Waals surface area contributed by atoms with Gasteiger partial charge in [-0.15, -0.1) is 0 Å². The lowest BCUT2D eigenvalue weighted by Crippen LogP contribution is -2.41. The number of nitrogens with zero attached hydrogens (tertiary/aromatic N) is 5. The normalized spacial score (nSPS) is 16.7. The van der Waals surface area contributed by atoms with Crippen molar-refractivity contribution in [3.8, 4) is 5.82 Å². The van der Waals surface area contributed by atoms with Gasteiger partial charge >= 0.3 is 6.18 Å². The maximum Gasteiger partial charge on any atom is 0.419 e. The van der Waals surface area contributed by atoms with E-state index in [1.165, 1.54) is 6.33 Å². The highest BCUT2D eigenvalue weighted by Gasteiger charge is 2.34. The summed E-state index contributed by atoms with van der Waals surface area (Å²) in [6.07, 6.45) is -2.13. The summed E-state index contributed by atoms with van der Waals surface area (Å²) in [5, 5.41) is 6.92. The first-order valence-electron chi connectivity index (χ1n) is 10.4. The largest absolute Gasteiger partial charge is 0.419 e. The van der Waals surface area contributed by atoms with Crippen LogP contribution in [0.1, 0.15) is 29.8 Å². The Hall–Kier alpha value is -3.50. The second-order valence-corrected chi connectivity index (χ2v) is 8.04. The van der Waals surface area contributed by atoms with Gasteiger partial charge in [0.25, 0.3) is 0 Å². The van der Waals surface area contributed by atoms with Crippen LogP contribution >= 0.6 is 0 Å². The molecule has 1 aromatic carbocycles. The minimum Gasteiger partial charge on any atom is -0.356 e. The van der Waals surface area contributed by atoms with Crippen LogP contribution < -0.4 is 10.2 Å². The average Bonchev–Trinajstić information content (AvgIpc) is 3.12. The van der Waals surface area contributed by atoms with E-state index in [0.29, 0.717) is 49.7 Å². The van der Waals surface area contributed by atoms with Gasteiger partial charge in [-0.1, -0.05) is 0 Å². The molecule has 1 N–H and O–H groups in total. The summed E-state index contributed by atoms with van der Waals surface area (Å²) in [5.74, 6) is -1.04. The third-order valence-electron chi connectivity index (χ3n) is 5.52. The monoisotopic (exact) mass is 462 g/mol. The number of piperidine rings is 1. The molecular weight excluding hydrogens is 440 g/mol. The van der Waals surface area contributed by atoms with Crippen LogP contribution in [0.2, 0.25) is 0 Å². The summed E-state index contributed by atoms with van der Waals surface area (Å²) in [6.45, 7) is 4.82. The molecule has 3 heterocycles. The number of alkyl halides is 3. The number of rotatable bonds is 4. The standard InChI is InChI=1S/C22H22F4N6O/c1-13-8-14(2)32(30-13)20-10-19(27-12-28-20)31-7-3-4-15(11-31)21(33)29-16-5-6-18(23)17(9-16)22(24,25)26/h5-6,8-10,12,15H,3-4,7,11H2,1-2H3,(H,29,33). The fraction of sp³-hybridized carbons (Fsp3) is 0.364. The summed E-state index contributed by atoms with van der Waals surface area (Å²) >= 11 is 0. The fourth-order valence-corrected chi connectivity index (χ4v) is 3.95. The molecule has 0 bridgehead atoms. The quantitative estimate of drug-likeness (QED) is 0.586. The predicted octanol–water partition coefficient (Wildman–Crippen LogP) is 4.29. The summed E-state index contributed by atoms with van der Waals surface area (Å²) in [5.41, 5.74) is 0.269. The zero-order valence-electron chi connectivity index (χ0n) is 18.0. The summed E-state index contributed by atoms with van der Waals surface area (Å²) in [6, 6.07) is 6.15. The number of amides is 1. The fourth-order valence-electron chi connectivity index (χ4n) is 3.95. The molecule has 1 aliphatic heterocycles. The number of hydrogen-bond donors (Lipinski definition) is 1. The Bertz CT molecular complexity index is 1180. The highest BCUT2D eigenvalue weighted by atomic mass is 19.4. The van der Waals surface area contributed by atoms with E-state index in [4.69, 9.17) is 0 Å². The van der Waals surface area contributed by atoms with Crippen molar-refractivity contribution in [3.05, 3.63) is 59.4 Å². The Morgan fingerprint density at radius 1 is 1.12 bits per heavy atom. The third kappa shape index (κ3) is 4.96. The number of benzene rings is 1. The topological polar surface area (TPSA) is 75.9 Å². The molecule has 1 amide bonds. The molecule has 2 aromatic heterocycles. The Morgan fingerprint density at radius 2 is 1.88 bits per heavy atom. The van der Waals surface area contributed by atoms with E-state index in [1.807, 2.05) is 24.8 Å². The zero-order chi connectivity index (χ0) is 23.8. The minimum absolute atomic E-state index is 0.0975. The first kappa shape index (κ1) is 22.7. The molecule has 11 heteroatoms. The number of nitrogens with one attached hydrogen (secondary N) is 1. The van der Waals surface area contributed by atoms with Crippen LogP contribution in [0.15, 0.2) is 36.7 Å². The van der Waals surface area contributed by atoms with Gasteiger partial charge in [0, 0.05) is 30.5 Å². The second-order valence-electron chi connectivity index (χ2n) is 8.04. The molecule has 1 saturated heterocycles. The average molecular weight is 462 g/mol. The van der Waals surface area contributed by atoms with E-state index < -0.39 is 29.4 Å². The molecular formula is C22H22F4N6O. The lowest BCUT2D eigenvalue weighted by atomic mass is 9.97. The molecule has 7 nitrogen and oxygen atoms in total. The summed E-state index contributed by atoms with van der Waals surface area (Å²) < 4.78 is 54.1. The van der Waals surface area contributed by atoms with E-state index >= 15 is 0 Å². The minimum atomic E-state index is -4.84. The van der Waals surface area contributed by atoms with Crippen molar-refractivity contribution in [1.82, 2.24) is 19.7 Å². The molecule has 4 rings (SSSR count). The summed E-state index contributed by atoms with van der Waals surface area (Å²) in [7, 11) is 0. The number of carbonyl (C=O) groups excluding carboxylic acids is 1. The Kier molecular flexibility index (Phi) is 6.05.